The van der Waals surface area contributed by atoms with Crippen LogP contribution in [0.5, 0.6) is 11.5 Å². The third kappa shape index (κ3) is 5.17. The van der Waals surface area contributed by atoms with Gasteiger partial charge in [0.2, 0.25) is 0 Å². The van der Waals surface area contributed by atoms with E-state index in [1.165, 1.54) is 19.3 Å². The van der Waals surface area contributed by atoms with Crippen molar-refractivity contribution in [3.05, 3.63) is 63.4 Å². The van der Waals surface area contributed by atoms with Gasteiger partial charge in [-0.25, -0.2) is 4.39 Å². The van der Waals surface area contributed by atoms with Crippen LogP contribution in [0.25, 0.3) is 6.08 Å². The number of morpholine rings is 1. The molecule has 0 bridgehead atoms. The Bertz CT molecular complexity index is 997. The van der Waals surface area contributed by atoms with Crippen molar-refractivity contribution in [3.8, 4) is 17.6 Å². The van der Waals surface area contributed by atoms with E-state index in [9.17, 15) is 14.4 Å². The van der Waals surface area contributed by atoms with Gasteiger partial charge >= 0.3 is 0 Å². The lowest BCUT2D eigenvalue weighted by Gasteiger charge is -2.26. The van der Waals surface area contributed by atoms with Crippen LogP contribution in [0.15, 0.2) is 46.4 Å². The van der Waals surface area contributed by atoms with Crippen LogP contribution in [0.1, 0.15) is 11.1 Å². The topological polar surface area (TPSA) is 71.8 Å². The predicted molar refractivity (Wildman–Crippen MR) is 112 cm³/mol. The third-order valence-corrected chi connectivity index (χ3v) is 5.26. The smallest absolute Gasteiger partial charge is 0.264 e. The van der Waals surface area contributed by atoms with Gasteiger partial charge in [0.25, 0.3) is 5.91 Å². The van der Waals surface area contributed by atoms with E-state index in [0.29, 0.717) is 53.4 Å². The molecule has 0 aromatic heterocycles. The highest BCUT2D eigenvalue weighted by Gasteiger charge is 2.21. The van der Waals surface area contributed by atoms with Crippen LogP contribution in [0.3, 0.4) is 0 Å². The number of hydrogen-bond donors (Lipinski definition) is 0. The summed E-state index contributed by atoms with van der Waals surface area (Å²) in [6.07, 6.45) is 1.51. The van der Waals surface area contributed by atoms with E-state index in [1.54, 1.807) is 35.2 Å². The molecule has 2 aromatic carbocycles. The minimum Gasteiger partial charge on any atom is -0.493 e. The fourth-order valence-electron chi connectivity index (χ4n) is 2.94. The summed E-state index contributed by atoms with van der Waals surface area (Å²) in [6.45, 7) is 1.84. The quantitative estimate of drug-likeness (QED) is 0.468. The Labute approximate surface area is 182 Å². The zero-order chi connectivity index (χ0) is 21.5. The summed E-state index contributed by atoms with van der Waals surface area (Å²) in [5.41, 5.74) is 1.02. The highest BCUT2D eigenvalue weighted by atomic mass is 79.9. The monoisotopic (exact) mass is 474 g/mol. The van der Waals surface area contributed by atoms with E-state index in [1.807, 2.05) is 6.07 Å². The first kappa shape index (κ1) is 21.8. The molecule has 1 heterocycles. The second-order valence-corrected chi connectivity index (χ2v) is 7.33. The standard InChI is InChI=1S/C22H20BrFN2O4/c1-28-20-11-16(10-17(13-25)22(27)26-6-8-29-9-7-26)18(23)12-21(20)30-14-15-4-2-3-5-19(15)24/h2-5,10-12H,6-9,14H2,1H3/b17-10-. The number of amides is 1. The molecular weight excluding hydrogens is 455 g/mol. The van der Waals surface area contributed by atoms with Crippen LogP contribution in [-0.2, 0) is 16.1 Å². The number of halogens is 2. The summed E-state index contributed by atoms with van der Waals surface area (Å²) in [5, 5.41) is 9.49. The minimum absolute atomic E-state index is 0.0136. The third-order valence-electron chi connectivity index (χ3n) is 4.57. The summed E-state index contributed by atoms with van der Waals surface area (Å²) >= 11 is 3.45. The molecule has 0 spiro atoms. The van der Waals surface area contributed by atoms with Crippen molar-refractivity contribution in [1.82, 2.24) is 4.90 Å². The second kappa shape index (κ2) is 10.2. The van der Waals surface area contributed by atoms with Crippen LogP contribution < -0.4 is 9.47 Å². The van der Waals surface area contributed by atoms with Crippen molar-refractivity contribution in [2.75, 3.05) is 33.4 Å². The van der Waals surface area contributed by atoms with Gasteiger partial charge in [-0.3, -0.25) is 4.79 Å². The van der Waals surface area contributed by atoms with Gasteiger partial charge in [-0.05, 0) is 29.8 Å². The van der Waals surface area contributed by atoms with Crippen molar-refractivity contribution < 1.29 is 23.4 Å². The Hall–Kier alpha value is -2.89. The number of hydrogen-bond acceptors (Lipinski definition) is 5. The summed E-state index contributed by atoms with van der Waals surface area (Å²) in [4.78, 5) is 14.2. The molecule has 3 rings (SSSR count). The molecule has 1 fully saturated rings. The average Bonchev–Trinajstić information content (AvgIpc) is 2.78. The lowest BCUT2D eigenvalue weighted by molar-refractivity contribution is -0.130. The molecule has 0 saturated carbocycles. The first-order valence-corrected chi connectivity index (χ1v) is 10.1. The van der Waals surface area contributed by atoms with Gasteiger partial charge in [-0.1, -0.05) is 34.1 Å². The van der Waals surface area contributed by atoms with E-state index in [-0.39, 0.29) is 23.9 Å². The molecule has 2 aromatic rings. The van der Waals surface area contributed by atoms with Gasteiger partial charge in [0.05, 0.1) is 20.3 Å². The maximum absolute atomic E-state index is 13.8. The maximum Gasteiger partial charge on any atom is 0.264 e. The molecular formula is C22H20BrFN2O4. The van der Waals surface area contributed by atoms with Gasteiger partial charge in [-0.2, -0.15) is 5.26 Å². The van der Waals surface area contributed by atoms with E-state index < -0.39 is 0 Å². The van der Waals surface area contributed by atoms with Crippen LogP contribution in [0.2, 0.25) is 0 Å². The molecule has 156 valence electrons. The van der Waals surface area contributed by atoms with Crippen molar-refractivity contribution >= 4 is 27.9 Å². The van der Waals surface area contributed by atoms with E-state index in [2.05, 4.69) is 15.9 Å². The normalized spacial score (nSPS) is 14.2. The van der Waals surface area contributed by atoms with Crippen LogP contribution in [0, 0.1) is 17.1 Å². The number of carbonyl (C=O) groups is 1. The fraction of sp³-hybridized carbons (Fsp3) is 0.273. The first-order valence-electron chi connectivity index (χ1n) is 9.26. The van der Waals surface area contributed by atoms with Crippen molar-refractivity contribution in [2.24, 2.45) is 0 Å². The molecule has 0 aliphatic carbocycles. The number of carbonyl (C=O) groups excluding carboxylic acids is 1. The molecule has 1 aliphatic heterocycles. The Kier molecular flexibility index (Phi) is 7.44. The second-order valence-electron chi connectivity index (χ2n) is 6.48. The Morgan fingerprint density at radius 3 is 2.70 bits per heavy atom. The van der Waals surface area contributed by atoms with Gasteiger partial charge in [0, 0.05) is 23.1 Å². The van der Waals surface area contributed by atoms with Gasteiger partial charge in [0.1, 0.15) is 24.1 Å². The Morgan fingerprint density at radius 1 is 1.30 bits per heavy atom. The molecule has 0 radical (unpaired) electrons. The van der Waals surface area contributed by atoms with E-state index in [0.717, 1.165) is 0 Å². The maximum atomic E-state index is 13.8. The van der Waals surface area contributed by atoms with E-state index in [4.69, 9.17) is 14.2 Å². The van der Waals surface area contributed by atoms with E-state index >= 15 is 0 Å². The number of nitrogens with zero attached hydrogens (tertiary/aromatic N) is 2. The molecule has 0 unspecified atom stereocenters. The van der Waals surface area contributed by atoms with Crippen molar-refractivity contribution in [3.63, 3.8) is 0 Å². The molecule has 0 N–H and O–H groups in total. The Balaban J connectivity index is 1.83. The fourth-order valence-corrected chi connectivity index (χ4v) is 3.38. The Morgan fingerprint density at radius 2 is 2.03 bits per heavy atom. The molecule has 1 aliphatic rings. The van der Waals surface area contributed by atoms with Crippen molar-refractivity contribution in [1.29, 1.82) is 5.26 Å². The lowest BCUT2D eigenvalue weighted by atomic mass is 10.1. The molecule has 0 atom stereocenters. The average molecular weight is 475 g/mol. The zero-order valence-electron chi connectivity index (χ0n) is 16.4. The zero-order valence-corrected chi connectivity index (χ0v) is 17.9. The van der Waals surface area contributed by atoms with Gasteiger partial charge in [-0.15, -0.1) is 0 Å². The SMILES string of the molecule is COc1cc(/C=C(/C#N)C(=O)N2CCOCC2)c(Br)cc1OCc1ccccc1F. The number of nitriles is 1. The highest BCUT2D eigenvalue weighted by molar-refractivity contribution is 9.10. The van der Waals surface area contributed by atoms with Crippen LogP contribution in [0.4, 0.5) is 4.39 Å². The molecule has 1 saturated heterocycles. The van der Waals surface area contributed by atoms with Crippen LogP contribution >= 0.6 is 15.9 Å². The highest BCUT2D eigenvalue weighted by Crippen LogP contribution is 2.35. The largest absolute Gasteiger partial charge is 0.493 e. The molecule has 6 nitrogen and oxygen atoms in total. The number of benzene rings is 2. The minimum atomic E-state index is -0.352. The van der Waals surface area contributed by atoms with Crippen LogP contribution in [-0.4, -0.2) is 44.2 Å². The molecule has 1 amide bonds. The number of rotatable bonds is 6. The lowest BCUT2D eigenvalue weighted by Crippen LogP contribution is -2.41. The summed E-state index contributed by atoms with van der Waals surface area (Å²) in [7, 11) is 1.48. The molecule has 8 heteroatoms. The number of ether oxygens (including phenoxy) is 3. The first-order chi connectivity index (χ1) is 14.5. The van der Waals surface area contributed by atoms with Crippen molar-refractivity contribution in [2.45, 2.75) is 6.61 Å². The summed E-state index contributed by atoms with van der Waals surface area (Å²) < 4.78 is 30.8. The summed E-state index contributed by atoms with van der Waals surface area (Å²) in [5.74, 6) is 0.113. The predicted octanol–water partition coefficient (Wildman–Crippen LogP) is 3.94. The summed E-state index contributed by atoms with van der Waals surface area (Å²) in [6, 6.07) is 11.7. The molecule has 30 heavy (non-hydrogen) atoms. The van der Waals surface area contributed by atoms with Gasteiger partial charge in [0.15, 0.2) is 11.5 Å². The number of methoxy groups -OCH3 is 1. The van der Waals surface area contributed by atoms with Gasteiger partial charge < -0.3 is 19.1 Å².